The van der Waals surface area contributed by atoms with E-state index in [9.17, 15) is 9.59 Å². The Morgan fingerprint density at radius 3 is 2.24 bits per heavy atom. The van der Waals surface area contributed by atoms with Gasteiger partial charge in [-0.2, -0.15) is 0 Å². The Kier molecular flexibility index (Phi) is 9.78. The van der Waals surface area contributed by atoms with E-state index in [0.717, 1.165) is 38.5 Å². The quantitative estimate of drug-likeness (QED) is 0.435. The molecular weight excluding hydrogens is 216 g/mol. The van der Waals surface area contributed by atoms with Crippen molar-refractivity contribution < 1.29 is 14.3 Å². The van der Waals surface area contributed by atoms with Crippen molar-refractivity contribution in [1.29, 1.82) is 0 Å². The summed E-state index contributed by atoms with van der Waals surface area (Å²) in [4.78, 5) is 22.7. The van der Waals surface area contributed by atoms with Gasteiger partial charge in [-0.1, -0.05) is 46.5 Å². The Bertz CT molecular complexity index is 224. The van der Waals surface area contributed by atoms with Crippen molar-refractivity contribution in [2.24, 2.45) is 5.92 Å². The highest BCUT2D eigenvalue weighted by molar-refractivity contribution is 6.33. The van der Waals surface area contributed by atoms with Gasteiger partial charge in [0.25, 0.3) is 0 Å². The number of rotatable bonds is 10. The number of carbonyl (C=O) groups is 2. The summed E-state index contributed by atoms with van der Waals surface area (Å²) in [5.74, 6) is -0.622. The minimum absolute atomic E-state index is 0.321. The van der Waals surface area contributed by atoms with Crippen LogP contribution in [0.5, 0.6) is 0 Å². The molecule has 0 aromatic carbocycles. The summed E-state index contributed by atoms with van der Waals surface area (Å²) in [6, 6.07) is 0. The number of hydrogen-bond donors (Lipinski definition) is 0. The van der Waals surface area contributed by atoms with Gasteiger partial charge < -0.3 is 4.74 Å². The maximum Gasteiger partial charge on any atom is 0.374 e. The lowest BCUT2D eigenvalue weighted by Gasteiger charge is -2.14. The molecule has 0 bridgehead atoms. The lowest BCUT2D eigenvalue weighted by molar-refractivity contribution is -0.155. The molecule has 1 atom stereocenters. The number of ketones is 1. The van der Waals surface area contributed by atoms with Gasteiger partial charge in [0.05, 0.1) is 6.61 Å². The molecule has 0 spiro atoms. The average molecular weight is 242 g/mol. The van der Waals surface area contributed by atoms with Crippen molar-refractivity contribution in [3.63, 3.8) is 0 Å². The highest BCUT2D eigenvalue weighted by Gasteiger charge is 2.16. The highest BCUT2D eigenvalue weighted by Crippen LogP contribution is 2.13. The van der Waals surface area contributed by atoms with Crippen LogP contribution in [0.25, 0.3) is 0 Å². The molecule has 17 heavy (non-hydrogen) atoms. The van der Waals surface area contributed by atoms with Crippen LogP contribution in [0, 0.1) is 5.92 Å². The Morgan fingerprint density at radius 2 is 1.71 bits per heavy atom. The minimum Gasteiger partial charge on any atom is -0.460 e. The van der Waals surface area contributed by atoms with Crippen molar-refractivity contribution in [2.45, 2.75) is 65.7 Å². The summed E-state index contributed by atoms with van der Waals surface area (Å²) < 4.78 is 5.06. The first kappa shape index (κ1) is 16.1. The zero-order valence-corrected chi connectivity index (χ0v) is 11.5. The predicted molar refractivity (Wildman–Crippen MR) is 68.8 cm³/mol. The minimum atomic E-state index is -0.645. The first-order valence-electron chi connectivity index (χ1n) is 6.85. The van der Waals surface area contributed by atoms with Crippen LogP contribution < -0.4 is 0 Å². The first-order valence-corrected chi connectivity index (χ1v) is 6.85. The zero-order valence-electron chi connectivity index (χ0n) is 11.5. The molecule has 3 nitrogen and oxygen atoms in total. The third-order valence-corrected chi connectivity index (χ3v) is 2.98. The third kappa shape index (κ3) is 7.94. The van der Waals surface area contributed by atoms with E-state index >= 15 is 0 Å². The molecule has 3 heteroatoms. The second-order valence-electron chi connectivity index (χ2n) is 4.54. The van der Waals surface area contributed by atoms with Crippen LogP contribution in [-0.2, 0) is 14.3 Å². The SMILES string of the molecule is CCCCC(=O)C(=O)OCC(CC)CCCC. The monoisotopic (exact) mass is 242 g/mol. The second kappa shape index (κ2) is 10.3. The van der Waals surface area contributed by atoms with Crippen LogP contribution in [-0.4, -0.2) is 18.4 Å². The fourth-order valence-corrected chi connectivity index (χ4v) is 1.61. The normalized spacial score (nSPS) is 12.2. The Balaban J connectivity index is 3.83. The van der Waals surface area contributed by atoms with Crippen LogP contribution in [0.3, 0.4) is 0 Å². The topological polar surface area (TPSA) is 43.4 Å². The summed E-state index contributed by atoms with van der Waals surface area (Å²) in [6.07, 6.45) is 6.38. The van der Waals surface area contributed by atoms with Gasteiger partial charge in [-0.15, -0.1) is 0 Å². The van der Waals surface area contributed by atoms with Crippen molar-refractivity contribution in [2.75, 3.05) is 6.61 Å². The largest absolute Gasteiger partial charge is 0.460 e. The Hall–Kier alpha value is -0.860. The molecule has 0 N–H and O–H groups in total. The maximum absolute atomic E-state index is 11.4. The summed E-state index contributed by atoms with van der Waals surface area (Å²) in [6.45, 7) is 6.63. The smallest absolute Gasteiger partial charge is 0.374 e. The van der Waals surface area contributed by atoms with Crippen LogP contribution in [0.1, 0.15) is 65.7 Å². The van der Waals surface area contributed by atoms with Crippen LogP contribution >= 0.6 is 0 Å². The van der Waals surface area contributed by atoms with E-state index in [1.165, 1.54) is 0 Å². The number of esters is 1. The molecule has 100 valence electrons. The molecule has 0 fully saturated rings. The Labute approximate surface area is 105 Å². The average Bonchev–Trinajstić information content (AvgIpc) is 2.35. The summed E-state index contributed by atoms with van der Waals surface area (Å²) in [5, 5.41) is 0. The van der Waals surface area contributed by atoms with E-state index in [-0.39, 0.29) is 5.78 Å². The van der Waals surface area contributed by atoms with Crippen molar-refractivity contribution in [3.8, 4) is 0 Å². The maximum atomic E-state index is 11.4. The number of unbranched alkanes of at least 4 members (excludes halogenated alkanes) is 2. The molecule has 0 saturated carbocycles. The first-order chi connectivity index (χ1) is 8.15. The lowest BCUT2D eigenvalue weighted by Crippen LogP contribution is -2.21. The molecule has 0 amide bonds. The molecule has 0 aliphatic carbocycles. The van der Waals surface area contributed by atoms with E-state index < -0.39 is 5.97 Å². The van der Waals surface area contributed by atoms with Gasteiger partial charge in [-0.05, 0) is 18.8 Å². The van der Waals surface area contributed by atoms with E-state index in [1.807, 2.05) is 6.92 Å². The van der Waals surface area contributed by atoms with E-state index in [2.05, 4.69) is 13.8 Å². The molecule has 0 aromatic rings. The van der Waals surface area contributed by atoms with E-state index in [4.69, 9.17) is 4.74 Å². The van der Waals surface area contributed by atoms with Crippen molar-refractivity contribution in [1.82, 2.24) is 0 Å². The molecule has 1 unspecified atom stereocenters. The van der Waals surface area contributed by atoms with Gasteiger partial charge in [0, 0.05) is 6.42 Å². The van der Waals surface area contributed by atoms with Gasteiger partial charge in [0.15, 0.2) is 0 Å². The van der Waals surface area contributed by atoms with Crippen LogP contribution in [0.15, 0.2) is 0 Å². The van der Waals surface area contributed by atoms with E-state index in [0.29, 0.717) is 18.9 Å². The number of carbonyl (C=O) groups excluding carboxylic acids is 2. The number of ether oxygens (including phenoxy) is 1. The van der Waals surface area contributed by atoms with Crippen LogP contribution in [0.2, 0.25) is 0 Å². The van der Waals surface area contributed by atoms with Gasteiger partial charge in [-0.3, -0.25) is 4.79 Å². The summed E-state index contributed by atoms with van der Waals surface area (Å²) in [5.41, 5.74) is 0. The molecule has 0 radical (unpaired) electrons. The second-order valence-corrected chi connectivity index (χ2v) is 4.54. The molecule has 0 rings (SSSR count). The molecule has 0 aliphatic rings. The highest BCUT2D eigenvalue weighted by atomic mass is 16.5. The number of hydrogen-bond acceptors (Lipinski definition) is 3. The third-order valence-electron chi connectivity index (χ3n) is 2.98. The predicted octanol–water partition coefficient (Wildman–Crippen LogP) is 3.51. The summed E-state index contributed by atoms with van der Waals surface area (Å²) in [7, 11) is 0. The Morgan fingerprint density at radius 1 is 1.06 bits per heavy atom. The lowest BCUT2D eigenvalue weighted by atomic mass is 10.0. The zero-order chi connectivity index (χ0) is 13.1. The van der Waals surface area contributed by atoms with Crippen molar-refractivity contribution >= 4 is 11.8 Å². The molecule has 0 aromatic heterocycles. The van der Waals surface area contributed by atoms with Gasteiger partial charge >= 0.3 is 5.97 Å². The molecule has 0 aliphatic heterocycles. The van der Waals surface area contributed by atoms with E-state index in [1.54, 1.807) is 0 Å². The van der Waals surface area contributed by atoms with Gasteiger partial charge in [0.1, 0.15) is 0 Å². The summed E-state index contributed by atoms with van der Waals surface area (Å²) >= 11 is 0. The fraction of sp³-hybridized carbons (Fsp3) is 0.857. The standard InChI is InChI=1S/C14H26O3/c1-4-7-9-12(6-3)11-17-14(16)13(15)10-8-5-2/h12H,4-11H2,1-3H3. The molecule has 0 saturated heterocycles. The molecular formula is C14H26O3. The van der Waals surface area contributed by atoms with Crippen LogP contribution in [0.4, 0.5) is 0 Å². The van der Waals surface area contributed by atoms with Gasteiger partial charge in [-0.25, -0.2) is 4.79 Å². The van der Waals surface area contributed by atoms with Crippen molar-refractivity contribution in [3.05, 3.63) is 0 Å². The number of Topliss-reactive ketones (excluding diaryl/α,β-unsaturated/α-hetero) is 1. The van der Waals surface area contributed by atoms with Gasteiger partial charge in [0.2, 0.25) is 5.78 Å². The molecule has 0 heterocycles. The fourth-order valence-electron chi connectivity index (χ4n) is 1.61.